The molecule has 0 fully saturated rings. The van der Waals surface area contributed by atoms with Crippen LogP contribution in [-0.4, -0.2) is 0 Å². The lowest BCUT2D eigenvalue weighted by Gasteiger charge is -2.11. The number of rotatable bonds is 1. The highest BCUT2D eigenvalue weighted by molar-refractivity contribution is 5.21. The Bertz CT molecular complexity index is 284. The Kier molecular flexibility index (Phi) is 1.70. The second-order valence-corrected chi connectivity index (χ2v) is 2.65. The maximum absolute atomic E-state index is 12.5. The Hall–Kier alpha value is -1.51. The summed E-state index contributed by atoms with van der Waals surface area (Å²) in [6.45, 7) is 0. The largest absolute Gasteiger partial charge is 0.366 e. The molecule has 12 heavy (non-hydrogen) atoms. The summed E-state index contributed by atoms with van der Waals surface area (Å²) in [5.41, 5.74) is 1.03. The third-order valence-corrected chi connectivity index (χ3v) is 1.81. The van der Waals surface area contributed by atoms with E-state index < -0.39 is 0 Å². The van der Waals surface area contributed by atoms with Crippen LogP contribution in [0.2, 0.25) is 0 Å². The van der Waals surface area contributed by atoms with Crippen LogP contribution in [0.1, 0.15) is 11.7 Å². The average Bonchev–Trinajstić information content (AvgIpc) is 2.58. The molecule has 1 aromatic rings. The molecule has 0 radical (unpaired) electrons. The quantitative estimate of drug-likeness (QED) is 0.657. The van der Waals surface area contributed by atoms with Crippen molar-refractivity contribution < 1.29 is 4.39 Å². The molecule has 1 heterocycles. The number of benzene rings is 1. The van der Waals surface area contributed by atoms with Gasteiger partial charge in [-0.15, -0.1) is 0 Å². The maximum Gasteiger partial charge on any atom is 0.123 e. The molecule has 2 nitrogen and oxygen atoms in total. The summed E-state index contributed by atoms with van der Waals surface area (Å²) in [5, 5.41) is 6.16. The normalized spacial score (nSPS) is 15.8. The van der Waals surface area contributed by atoms with Gasteiger partial charge in [-0.1, -0.05) is 12.1 Å². The number of nitrogens with one attached hydrogen (secondary N) is 2. The second-order valence-electron chi connectivity index (χ2n) is 2.65. The number of halogens is 1. The maximum atomic E-state index is 12.5. The van der Waals surface area contributed by atoms with Gasteiger partial charge in [0.25, 0.3) is 0 Å². The van der Waals surface area contributed by atoms with Crippen molar-refractivity contribution in [3.8, 4) is 0 Å². The Morgan fingerprint density at radius 2 is 1.58 bits per heavy atom. The van der Waals surface area contributed by atoms with Gasteiger partial charge in [-0.3, -0.25) is 0 Å². The summed E-state index contributed by atoms with van der Waals surface area (Å²) >= 11 is 0. The van der Waals surface area contributed by atoms with Crippen molar-refractivity contribution in [3.63, 3.8) is 0 Å². The van der Waals surface area contributed by atoms with E-state index >= 15 is 0 Å². The van der Waals surface area contributed by atoms with Gasteiger partial charge in [0.1, 0.15) is 12.0 Å². The van der Waals surface area contributed by atoms with E-state index in [1.54, 1.807) is 12.1 Å². The summed E-state index contributed by atoms with van der Waals surface area (Å²) in [4.78, 5) is 0. The predicted octanol–water partition coefficient (Wildman–Crippen LogP) is 1.49. The molecule has 0 spiro atoms. The molecule has 2 rings (SSSR count). The fourth-order valence-corrected chi connectivity index (χ4v) is 1.18. The standard InChI is InChI=1S/C9H9FN2/c10-8-3-1-7(2-4-8)9-11-5-6-12-9/h1-6,9,11-12H. The number of hydrogen-bond acceptors (Lipinski definition) is 2. The van der Waals surface area contributed by atoms with Gasteiger partial charge in [0.15, 0.2) is 0 Å². The van der Waals surface area contributed by atoms with Crippen LogP contribution in [0, 0.1) is 5.82 Å². The van der Waals surface area contributed by atoms with Crippen molar-refractivity contribution in [2.24, 2.45) is 0 Å². The highest BCUT2D eigenvalue weighted by Crippen LogP contribution is 2.12. The van der Waals surface area contributed by atoms with Crippen molar-refractivity contribution in [3.05, 3.63) is 48.0 Å². The molecule has 0 saturated heterocycles. The van der Waals surface area contributed by atoms with Crippen LogP contribution >= 0.6 is 0 Å². The van der Waals surface area contributed by atoms with Crippen molar-refractivity contribution in [2.75, 3.05) is 0 Å². The minimum atomic E-state index is -0.204. The molecule has 1 aliphatic rings. The fourth-order valence-electron chi connectivity index (χ4n) is 1.18. The lowest BCUT2D eigenvalue weighted by atomic mass is 10.2. The summed E-state index contributed by atoms with van der Waals surface area (Å²) in [7, 11) is 0. The topological polar surface area (TPSA) is 24.1 Å². The van der Waals surface area contributed by atoms with Gasteiger partial charge in [-0.05, 0) is 17.7 Å². The third-order valence-electron chi connectivity index (χ3n) is 1.81. The number of hydrogen-bond donors (Lipinski definition) is 2. The van der Waals surface area contributed by atoms with E-state index in [0.717, 1.165) is 5.56 Å². The molecular weight excluding hydrogens is 155 g/mol. The monoisotopic (exact) mass is 164 g/mol. The van der Waals surface area contributed by atoms with Crippen molar-refractivity contribution in [1.29, 1.82) is 0 Å². The summed E-state index contributed by atoms with van der Waals surface area (Å²) in [6, 6.07) is 6.42. The Labute approximate surface area is 70.1 Å². The van der Waals surface area contributed by atoms with Crippen LogP contribution in [0.4, 0.5) is 4.39 Å². The highest BCUT2D eigenvalue weighted by Gasteiger charge is 2.09. The summed E-state index contributed by atoms with van der Waals surface area (Å²) < 4.78 is 12.5. The highest BCUT2D eigenvalue weighted by atomic mass is 19.1. The second kappa shape index (κ2) is 2.85. The SMILES string of the molecule is Fc1ccc(C2NC=CN2)cc1. The van der Waals surface area contributed by atoms with Gasteiger partial charge in [0, 0.05) is 12.4 Å². The van der Waals surface area contributed by atoms with Crippen molar-refractivity contribution >= 4 is 0 Å². The lowest BCUT2D eigenvalue weighted by molar-refractivity contribution is 0.598. The van der Waals surface area contributed by atoms with E-state index in [2.05, 4.69) is 10.6 Å². The van der Waals surface area contributed by atoms with Gasteiger partial charge in [-0.25, -0.2) is 4.39 Å². The fraction of sp³-hybridized carbons (Fsp3) is 0.111. The molecule has 0 saturated carbocycles. The zero-order valence-corrected chi connectivity index (χ0v) is 6.42. The van der Waals surface area contributed by atoms with E-state index in [9.17, 15) is 4.39 Å². The molecule has 0 aliphatic carbocycles. The first-order chi connectivity index (χ1) is 5.86. The minimum Gasteiger partial charge on any atom is -0.366 e. The van der Waals surface area contributed by atoms with Gasteiger partial charge in [0.05, 0.1) is 0 Å². The van der Waals surface area contributed by atoms with E-state index in [4.69, 9.17) is 0 Å². The van der Waals surface area contributed by atoms with Gasteiger partial charge in [0.2, 0.25) is 0 Å². The van der Waals surface area contributed by atoms with Crippen LogP contribution in [0.15, 0.2) is 36.7 Å². The molecule has 0 atom stereocenters. The molecule has 1 aliphatic heterocycles. The molecule has 62 valence electrons. The van der Waals surface area contributed by atoms with Crippen molar-refractivity contribution in [1.82, 2.24) is 10.6 Å². The molecule has 0 amide bonds. The Morgan fingerprint density at radius 3 is 2.17 bits per heavy atom. The van der Waals surface area contributed by atoms with E-state index in [1.807, 2.05) is 12.4 Å². The lowest BCUT2D eigenvalue weighted by Crippen LogP contribution is -2.20. The van der Waals surface area contributed by atoms with Crippen LogP contribution in [0.25, 0.3) is 0 Å². The third kappa shape index (κ3) is 1.25. The molecule has 1 aromatic carbocycles. The van der Waals surface area contributed by atoms with E-state index in [0.29, 0.717) is 0 Å². The van der Waals surface area contributed by atoms with Crippen molar-refractivity contribution in [2.45, 2.75) is 6.17 Å². The van der Waals surface area contributed by atoms with Crippen LogP contribution < -0.4 is 10.6 Å². The summed E-state index contributed by atoms with van der Waals surface area (Å²) in [5.74, 6) is -0.204. The molecule has 0 aromatic heterocycles. The Balaban J connectivity index is 2.18. The zero-order valence-electron chi connectivity index (χ0n) is 6.42. The van der Waals surface area contributed by atoms with Crippen LogP contribution in [0.5, 0.6) is 0 Å². The van der Waals surface area contributed by atoms with Crippen LogP contribution in [0.3, 0.4) is 0 Å². The van der Waals surface area contributed by atoms with E-state index in [1.165, 1.54) is 12.1 Å². The van der Waals surface area contributed by atoms with Gasteiger partial charge < -0.3 is 10.6 Å². The van der Waals surface area contributed by atoms with Crippen LogP contribution in [-0.2, 0) is 0 Å². The zero-order chi connectivity index (χ0) is 8.39. The average molecular weight is 164 g/mol. The molecule has 2 N–H and O–H groups in total. The molecule has 0 unspecified atom stereocenters. The minimum absolute atomic E-state index is 0.0885. The van der Waals surface area contributed by atoms with E-state index in [-0.39, 0.29) is 12.0 Å². The Morgan fingerprint density at radius 1 is 1.00 bits per heavy atom. The first-order valence-corrected chi connectivity index (χ1v) is 3.79. The van der Waals surface area contributed by atoms with Gasteiger partial charge in [-0.2, -0.15) is 0 Å². The summed E-state index contributed by atoms with van der Waals surface area (Å²) in [6.07, 6.45) is 3.74. The molecule has 0 bridgehead atoms. The first kappa shape index (κ1) is 7.16. The first-order valence-electron chi connectivity index (χ1n) is 3.79. The molecular formula is C9H9FN2. The van der Waals surface area contributed by atoms with Gasteiger partial charge >= 0.3 is 0 Å². The predicted molar refractivity (Wildman–Crippen MR) is 44.6 cm³/mol. The smallest absolute Gasteiger partial charge is 0.123 e. The molecule has 3 heteroatoms.